The molecule has 0 fully saturated rings. The van der Waals surface area contributed by atoms with Crippen molar-refractivity contribution in [2.75, 3.05) is 0 Å². The first-order valence-electron chi connectivity index (χ1n) is 8.01. The summed E-state index contributed by atoms with van der Waals surface area (Å²) in [7, 11) is 0. The Morgan fingerprint density at radius 3 is 2.00 bits per heavy atom. The lowest BCUT2D eigenvalue weighted by Gasteiger charge is -2.14. The number of aryl methyl sites for hydroxylation is 1. The number of aromatic amines is 1. The number of hydrogen-bond acceptors (Lipinski definition) is 1. The predicted octanol–water partition coefficient (Wildman–Crippen LogP) is 5.17. The third-order valence-electron chi connectivity index (χ3n) is 4.33. The summed E-state index contributed by atoms with van der Waals surface area (Å²) in [4.78, 5) is 15.7. The maximum Gasteiger partial charge on any atom is 0.256 e. The molecular weight excluding hydrogens is 294 g/mol. The SMILES string of the molecule is Cc1ccc(-c2[nH]c(=O)c3ccccc3c2-c2ccccc2)cc1. The molecule has 3 aromatic carbocycles. The van der Waals surface area contributed by atoms with E-state index in [1.165, 1.54) is 5.56 Å². The van der Waals surface area contributed by atoms with Crippen molar-refractivity contribution < 1.29 is 0 Å². The molecule has 1 heterocycles. The maximum atomic E-state index is 12.6. The van der Waals surface area contributed by atoms with Crippen molar-refractivity contribution >= 4 is 10.8 Å². The van der Waals surface area contributed by atoms with E-state index < -0.39 is 0 Å². The standard InChI is InChI=1S/C22H17NO/c1-15-11-13-17(14-12-15)21-20(16-7-3-2-4-8-16)18-9-5-6-10-19(18)22(24)23-21/h2-14H,1H3,(H,23,24). The monoisotopic (exact) mass is 311 g/mol. The van der Waals surface area contributed by atoms with Crippen LogP contribution in [0.4, 0.5) is 0 Å². The van der Waals surface area contributed by atoms with Crippen molar-refractivity contribution in [1.82, 2.24) is 4.98 Å². The summed E-state index contributed by atoms with van der Waals surface area (Å²) >= 11 is 0. The molecular formula is C22H17NO. The van der Waals surface area contributed by atoms with Gasteiger partial charge in [0.1, 0.15) is 0 Å². The molecule has 2 nitrogen and oxygen atoms in total. The van der Waals surface area contributed by atoms with Gasteiger partial charge >= 0.3 is 0 Å². The van der Waals surface area contributed by atoms with Crippen LogP contribution in [0.2, 0.25) is 0 Å². The van der Waals surface area contributed by atoms with Gasteiger partial charge in [0.05, 0.1) is 5.69 Å². The zero-order valence-electron chi connectivity index (χ0n) is 13.4. The van der Waals surface area contributed by atoms with Gasteiger partial charge in [0.25, 0.3) is 5.56 Å². The molecule has 1 N–H and O–H groups in total. The molecule has 0 aliphatic rings. The average molecular weight is 311 g/mol. The van der Waals surface area contributed by atoms with Gasteiger partial charge in [0, 0.05) is 10.9 Å². The van der Waals surface area contributed by atoms with E-state index in [1.807, 2.05) is 42.5 Å². The highest BCUT2D eigenvalue weighted by atomic mass is 16.1. The second kappa shape index (κ2) is 5.82. The van der Waals surface area contributed by atoms with Crippen LogP contribution in [0.15, 0.2) is 83.7 Å². The molecule has 116 valence electrons. The van der Waals surface area contributed by atoms with E-state index in [1.54, 1.807) is 0 Å². The van der Waals surface area contributed by atoms with Gasteiger partial charge < -0.3 is 4.98 Å². The summed E-state index contributed by atoms with van der Waals surface area (Å²) in [5.41, 5.74) is 5.19. The van der Waals surface area contributed by atoms with E-state index in [-0.39, 0.29) is 5.56 Å². The van der Waals surface area contributed by atoms with Crippen molar-refractivity contribution in [3.05, 3.63) is 94.8 Å². The molecule has 0 atom stereocenters. The number of pyridine rings is 1. The lowest BCUT2D eigenvalue weighted by atomic mass is 9.94. The minimum atomic E-state index is -0.0548. The molecule has 1 aromatic heterocycles. The van der Waals surface area contributed by atoms with Gasteiger partial charge in [0.2, 0.25) is 0 Å². The number of aromatic nitrogens is 1. The smallest absolute Gasteiger partial charge is 0.256 e. The fraction of sp³-hybridized carbons (Fsp3) is 0.0455. The van der Waals surface area contributed by atoms with Crippen molar-refractivity contribution in [2.24, 2.45) is 0 Å². The van der Waals surface area contributed by atoms with Crippen LogP contribution in [0.1, 0.15) is 5.56 Å². The number of benzene rings is 3. The maximum absolute atomic E-state index is 12.6. The molecule has 0 aliphatic heterocycles. The summed E-state index contributed by atoms with van der Waals surface area (Å²) in [6.07, 6.45) is 0. The molecule has 0 radical (unpaired) electrons. The molecule has 0 spiro atoms. The van der Waals surface area contributed by atoms with Crippen LogP contribution < -0.4 is 5.56 Å². The van der Waals surface area contributed by atoms with Crippen LogP contribution in [-0.4, -0.2) is 4.98 Å². The Morgan fingerprint density at radius 2 is 1.29 bits per heavy atom. The molecule has 0 bridgehead atoms. The van der Waals surface area contributed by atoms with E-state index in [4.69, 9.17) is 0 Å². The van der Waals surface area contributed by atoms with Gasteiger partial charge in [-0.2, -0.15) is 0 Å². The Balaban J connectivity index is 2.13. The quantitative estimate of drug-likeness (QED) is 0.544. The van der Waals surface area contributed by atoms with Crippen LogP contribution >= 0.6 is 0 Å². The number of H-pyrrole nitrogens is 1. The van der Waals surface area contributed by atoms with Crippen LogP contribution in [-0.2, 0) is 0 Å². The summed E-state index contributed by atoms with van der Waals surface area (Å²) in [6.45, 7) is 2.06. The summed E-state index contributed by atoms with van der Waals surface area (Å²) in [5.74, 6) is 0. The van der Waals surface area contributed by atoms with E-state index in [2.05, 4.69) is 48.3 Å². The van der Waals surface area contributed by atoms with E-state index in [9.17, 15) is 4.79 Å². The molecule has 2 heteroatoms. The molecule has 0 unspecified atom stereocenters. The van der Waals surface area contributed by atoms with Crippen molar-refractivity contribution in [3.63, 3.8) is 0 Å². The summed E-state index contributed by atoms with van der Waals surface area (Å²) in [6, 6.07) is 26.2. The zero-order chi connectivity index (χ0) is 16.5. The second-order valence-electron chi connectivity index (χ2n) is 5.98. The van der Waals surface area contributed by atoms with Crippen LogP contribution in [0.25, 0.3) is 33.2 Å². The van der Waals surface area contributed by atoms with E-state index in [0.717, 1.165) is 27.8 Å². The minimum Gasteiger partial charge on any atom is -0.321 e. The fourth-order valence-electron chi connectivity index (χ4n) is 3.12. The average Bonchev–Trinajstić information content (AvgIpc) is 2.63. The Hall–Kier alpha value is -3.13. The van der Waals surface area contributed by atoms with Crippen LogP contribution in [0.5, 0.6) is 0 Å². The van der Waals surface area contributed by atoms with Crippen molar-refractivity contribution in [1.29, 1.82) is 0 Å². The van der Waals surface area contributed by atoms with Gasteiger partial charge in [-0.1, -0.05) is 78.4 Å². The number of nitrogens with one attached hydrogen (secondary N) is 1. The predicted molar refractivity (Wildman–Crippen MR) is 100 cm³/mol. The normalized spacial score (nSPS) is 10.9. The molecule has 0 aliphatic carbocycles. The second-order valence-corrected chi connectivity index (χ2v) is 5.98. The Kier molecular flexibility index (Phi) is 3.51. The highest BCUT2D eigenvalue weighted by Gasteiger charge is 2.14. The zero-order valence-corrected chi connectivity index (χ0v) is 13.4. The molecule has 0 saturated heterocycles. The number of rotatable bonds is 2. The van der Waals surface area contributed by atoms with Crippen molar-refractivity contribution in [2.45, 2.75) is 6.92 Å². The summed E-state index contributed by atoms with van der Waals surface area (Å²) < 4.78 is 0. The number of fused-ring (bicyclic) bond motifs is 1. The van der Waals surface area contributed by atoms with E-state index >= 15 is 0 Å². The first-order chi connectivity index (χ1) is 11.7. The third kappa shape index (κ3) is 2.42. The summed E-state index contributed by atoms with van der Waals surface area (Å²) in [5, 5.41) is 1.69. The molecule has 0 saturated carbocycles. The first kappa shape index (κ1) is 14.5. The van der Waals surface area contributed by atoms with E-state index in [0.29, 0.717) is 5.39 Å². The highest BCUT2D eigenvalue weighted by molar-refractivity contribution is 6.02. The number of hydrogen-bond donors (Lipinski definition) is 1. The van der Waals surface area contributed by atoms with Gasteiger partial charge in [-0.3, -0.25) is 4.79 Å². The fourth-order valence-corrected chi connectivity index (χ4v) is 3.12. The molecule has 4 aromatic rings. The van der Waals surface area contributed by atoms with Gasteiger partial charge in [-0.15, -0.1) is 0 Å². The van der Waals surface area contributed by atoms with Crippen LogP contribution in [0, 0.1) is 6.92 Å². The highest BCUT2D eigenvalue weighted by Crippen LogP contribution is 2.35. The van der Waals surface area contributed by atoms with Gasteiger partial charge in [-0.05, 0) is 29.5 Å². The topological polar surface area (TPSA) is 32.9 Å². The minimum absolute atomic E-state index is 0.0548. The Labute approximate surface area is 140 Å². The van der Waals surface area contributed by atoms with Gasteiger partial charge in [-0.25, -0.2) is 0 Å². The third-order valence-corrected chi connectivity index (χ3v) is 4.33. The molecule has 4 rings (SSSR count). The first-order valence-corrected chi connectivity index (χ1v) is 8.01. The Bertz CT molecular complexity index is 1060. The lowest BCUT2D eigenvalue weighted by Crippen LogP contribution is -2.09. The van der Waals surface area contributed by atoms with Crippen molar-refractivity contribution in [3.8, 4) is 22.4 Å². The largest absolute Gasteiger partial charge is 0.321 e. The Morgan fingerprint density at radius 1 is 0.667 bits per heavy atom. The molecule has 24 heavy (non-hydrogen) atoms. The molecule has 0 amide bonds. The van der Waals surface area contributed by atoms with Gasteiger partial charge in [0.15, 0.2) is 0 Å². The van der Waals surface area contributed by atoms with Crippen LogP contribution in [0.3, 0.4) is 0 Å². The lowest BCUT2D eigenvalue weighted by molar-refractivity contribution is 1.27.